The average molecular weight is 518 g/mol. The number of ether oxygens (including phenoxy) is 1. The monoisotopic (exact) mass is 517 g/mol. The smallest absolute Gasteiger partial charge is 0.322 e. The van der Waals surface area contributed by atoms with Crippen molar-refractivity contribution in [3.8, 4) is 5.75 Å². The number of alkyl halides is 3. The van der Waals surface area contributed by atoms with E-state index in [2.05, 4.69) is 10.1 Å². The molecule has 1 heterocycles. The molecule has 0 atom stereocenters. The number of hydrogen-bond donors (Lipinski definition) is 0. The van der Waals surface area contributed by atoms with E-state index < -0.39 is 22.9 Å². The Hall–Kier alpha value is -2.58. The van der Waals surface area contributed by atoms with Gasteiger partial charge in [-0.2, -0.15) is 13.8 Å². The van der Waals surface area contributed by atoms with Crippen molar-refractivity contribution in [1.29, 1.82) is 0 Å². The Morgan fingerprint density at radius 2 is 1.78 bits per heavy atom. The van der Waals surface area contributed by atoms with Gasteiger partial charge in [-0.25, -0.2) is 4.39 Å². The van der Waals surface area contributed by atoms with Crippen LogP contribution in [-0.4, -0.2) is 34.4 Å². The SMILES string of the molecule is CC(C)Oc1cccc(N(CC23CCC(c4noc(C(C)(F)F)n4)(CC2)CC3)C(=O)C23CC(F)(C2)C3)c1. The lowest BCUT2D eigenvalue weighted by Crippen LogP contribution is -2.71. The van der Waals surface area contributed by atoms with Crippen molar-refractivity contribution in [2.75, 3.05) is 11.4 Å². The maximum atomic E-state index is 14.4. The van der Waals surface area contributed by atoms with Crippen LogP contribution in [0.25, 0.3) is 0 Å². The molecular weight excluding hydrogens is 483 g/mol. The van der Waals surface area contributed by atoms with Crippen molar-refractivity contribution in [2.45, 2.75) is 102 Å². The lowest BCUT2D eigenvalue weighted by atomic mass is 9.41. The van der Waals surface area contributed by atoms with Gasteiger partial charge in [0, 0.05) is 30.6 Å². The summed E-state index contributed by atoms with van der Waals surface area (Å²) in [6.45, 7) is 5.24. The van der Waals surface area contributed by atoms with Crippen LogP contribution in [0.3, 0.4) is 0 Å². The fraction of sp³-hybridized carbons (Fsp3) is 0.679. The van der Waals surface area contributed by atoms with Gasteiger partial charge in [0.15, 0.2) is 5.82 Å². The van der Waals surface area contributed by atoms with Gasteiger partial charge in [0.1, 0.15) is 11.4 Å². The van der Waals surface area contributed by atoms with Crippen molar-refractivity contribution < 1.29 is 27.2 Å². The summed E-state index contributed by atoms with van der Waals surface area (Å²) in [4.78, 5) is 19.9. The van der Waals surface area contributed by atoms with Gasteiger partial charge < -0.3 is 14.2 Å². The molecule has 37 heavy (non-hydrogen) atoms. The zero-order valence-electron chi connectivity index (χ0n) is 21.7. The number of carbonyl (C=O) groups is 1. The van der Waals surface area contributed by atoms with Crippen LogP contribution in [0.2, 0.25) is 0 Å². The van der Waals surface area contributed by atoms with Gasteiger partial charge in [0.25, 0.3) is 5.89 Å². The molecule has 1 amide bonds. The number of anilines is 1. The van der Waals surface area contributed by atoms with Crippen molar-refractivity contribution in [1.82, 2.24) is 10.1 Å². The van der Waals surface area contributed by atoms with Crippen LogP contribution in [0.1, 0.15) is 90.3 Å². The van der Waals surface area contributed by atoms with Crippen LogP contribution < -0.4 is 9.64 Å². The Balaban J connectivity index is 1.24. The minimum atomic E-state index is -3.16. The number of fused-ring (bicyclic) bond motifs is 3. The zero-order chi connectivity index (χ0) is 26.3. The van der Waals surface area contributed by atoms with E-state index in [4.69, 9.17) is 9.26 Å². The van der Waals surface area contributed by atoms with Crippen LogP contribution in [0, 0.1) is 10.8 Å². The van der Waals surface area contributed by atoms with Crippen LogP contribution in [0.4, 0.5) is 18.9 Å². The van der Waals surface area contributed by atoms with Crippen molar-refractivity contribution >= 4 is 11.6 Å². The molecule has 0 aliphatic heterocycles. The first kappa shape index (κ1) is 24.7. The third-order valence-corrected chi connectivity index (χ3v) is 9.34. The highest BCUT2D eigenvalue weighted by molar-refractivity contribution is 6.00. The molecule has 0 saturated heterocycles. The van der Waals surface area contributed by atoms with E-state index in [0.29, 0.717) is 37.4 Å². The van der Waals surface area contributed by atoms with Crippen LogP contribution >= 0.6 is 0 Å². The van der Waals surface area contributed by atoms with E-state index >= 15 is 0 Å². The average Bonchev–Trinajstić information content (AvgIpc) is 3.33. The first-order chi connectivity index (χ1) is 17.4. The first-order valence-corrected chi connectivity index (χ1v) is 13.4. The summed E-state index contributed by atoms with van der Waals surface area (Å²) < 4.78 is 52.6. The number of aromatic nitrogens is 2. The van der Waals surface area contributed by atoms with Crippen LogP contribution in [0.15, 0.2) is 28.8 Å². The first-order valence-electron chi connectivity index (χ1n) is 13.4. The fourth-order valence-electron chi connectivity index (χ4n) is 7.24. The molecule has 6 aliphatic carbocycles. The summed E-state index contributed by atoms with van der Waals surface area (Å²) in [5, 5.41) is 3.95. The molecule has 200 valence electrons. The van der Waals surface area contributed by atoms with Gasteiger partial charge in [-0.1, -0.05) is 11.2 Å². The Morgan fingerprint density at radius 3 is 2.32 bits per heavy atom. The minimum Gasteiger partial charge on any atom is -0.491 e. The van der Waals surface area contributed by atoms with E-state index in [1.165, 1.54) is 0 Å². The van der Waals surface area contributed by atoms with Gasteiger partial charge >= 0.3 is 5.92 Å². The number of halogens is 3. The largest absolute Gasteiger partial charge is 0.491 e. The summed E-state index contributed by atoms with van der Waals surface area (Å²) in [5.41, 5.74) is -1.41. The molecule has 1 aromatic heterocycles. The lowest BCUT2D eigenvalue weighted by Gasteiger charge is -2.65. The number of rotatable bonds is 8. The highest BCUT2D eigenvalue weighted by Crippen LogP contribution is 2.70. The molecule has 6 nitrogen and oxygen atoms in total. The van der Waals surface area contributed by atoms with Gasteiger partial charge in [0.2, 0.25) is 5.91 Å². The normalized spacial score (nSPS) is 34.1. The van der Waals surface area contributed by atoms with Crippen molar-refractivity contribution in [3.05, 3.63) is 36.0 Å². The molecule has 4 bridgehead atoms. The maximum absolute atomic E-state index is 14.4. The molecule has 1 aromatic carbocycles. The third-order valence-electron chi connectivity index (χ3n) is 9.34. The fourth-order valence-corrected chi connectivity index (χ4v) is 7.24. The number of amides is 1. The number of carbonyl (C=O) groups excluding carboxylic acids is 1. The molecule has 6 fully saturated rings. The third kappa shape index (κ3) is 4.04. The van der Waals surface area contributed by atoms with Gasteiger partial charge in [-0.3, -0.25) is 4.79 Å². The molecule has 0 spiro atoms. The second-order valence-electron chi connectivity index (χ2n) is 12.6. The standard InChI is InChI=1S/C28H34F3N3O3/c1-18(2)36-20-6-4-5-19(13-20)34(23(35)27-14-28(31,15-27)16-27)17-25-7-10-26(11-8-25,12-9-25)21-32-22(37-33-21)24(3,29)30/h4-6,13,18H,7-12,14-17H2,1-3H3. The molecule has 0 radical (unpaired) electrons. The number of hydrogen-bond acceptors (Lipinski definition) is 5. The van der Waals surface area contributed by atoms with Gasteiger partial charge in [0.05, 0.1) is 11.5 Å². The summed E-state index contributed by atoms with van der Waals surface area (Å²) in [5.74, 6) is -2.70. The highest BCUT2D eigenvalue weighted by atomic mass is 19.3. The predicted molar refractivity (Wildman–Crippen MR) is 130 cm³/mol. The summed E-state index contributed by atoms with van der Waals surface area (Å²) >= 11 is 0. The summed E-state index contributed by atoms with van der Waals surface area (Å²) in [6.07, 6.45) is 5.75. The van der Waals surface area contributed by atoms with E-state index in [1.807, 2.05) is 43.0 Å². The molecule has 8 rings (SSSR count). The topological polar surface area (TPSA) is 68.5 Å². The summed E-state index contributed by atoms with van der Waals surface area (Å²) in [7, 11) is 0. The van der Waals surface area contributed by atoms with Gasteiger partial charge in [-0.05, 0) is 89.2 Å². The van der Waals surface area contributed by atoms with Crippen molar-refractivity contribution in [3.63, 3.8) is 0 Å². The minimum absolute atomic E-state index is 0.00475. The second kappa shape index (κ2) is 7.96. The van der Waals surface area contributed by atoms with E-state index in [9.17, 15) is 18.0 Å². The number of nitrogens with zero attached hydrogens (tertiary/aromatic N) is 3. The molecule has 0 unspecified atom stereocenters. The Labute approximate surface area is 214 Å². The Bertz CT molecular complexity index is 1180. The quantitative estimate of drug-likeness (QED) is 0.401. The Morgan fingerprint density at radius 1 is 1.14 bits per heavy atom. The zero-order valence-corrected chi connectivity index (χ0v) is 21.7. The number of benzene rings is 1. The Kier molecular flexibility index (Phi) is 5.32. The molecule has 6 aliphatic rings. The molecule has 6 saturated carbocycles. The molecule has 0 N–H and O–H groups in total. The summed E-state index contributed by atoms with van der Waals surface area (Å²) in [6, 6.07) is 7.62. The highest BCUT2D eigenvalue weighted by Gasteiger charge is 2.73. The van der Waals surface area contributed by atoms with Crippen molar-refractivity contribution in [2.24, 2.45) is 10.8 Å². The van der Waals surface area contributed by atoms with E-state index in [0.717, 1.165) is 51.1 Å². The predicted octanol–water partition coefficient (Wildman–Crippen LogP) is 6.49. The lowest BCUT2D eigenvalue weighted by molar-refractivity contribution is -0.211. The van der Waals surface area contributed by atoms with Crippen LogP contribution in [-0.2, 0) is 16.1 Å². The molecular formula is C28H34F3N3O3. The van der Waals surface area contributed by atoms with E-state index in [1.54, 1.807) is 0 Å². The van der Waals surface area contributed by atoms with Crippen LogP contribution in [0.5, 0.6) is 5.75 Å². The van der Waals surface area contributed by atoms with E-state index in [-0.39, 0.29) is 22.8 Å². The van der Waals surface area contributed by atoms with Gasteiger partial charge in [-0.15, -0.1) is 0 Å². The maximum Gasteiger partial charge on any atom is 0.322 e. The molecule has 2 aromatic rings. The molecule has 9 heteroatoms. The second-order valence-corrected chi connectivity index (χ2v) is 12.6.